The second-order valence-corrected chi connectivity index (χ2v) is 11.5. The molecule has 1 aromatic heterocycles. The first-order chi connectivity index (χ1) is 14.7. The van der Waals surface area contributed by atoms with Crippen LogP contribution in [0.15, 0.2) is 29.4 Å². The molecule has 0 bridgehead atoms. The average molecular weight is 474 g/mol. The van der Waals surface area contributed by atoms with Gasteiger partial charge in [0.15, 0.2) is 0 Å². The highest BCUT2D eigenvalue weighted by Gasteiger charge is 2.36. The van der Waals surface area contributed by atoms with Gasteiger partial charge in [-0.3, -0.25) is 9.78 Å². The second kappa shape index (κ2) is 9.90. The minimum absolute atomic E-state index is 0.0155. The maximum atomic E-state index is 13.0. The summed E-state index contributed by atoms with van der Waals surface area (Å²) >= 11 is 0. The molecule has 2 fully saturated rings. The molecule has 2 aliphatic rings. The van der Waals surface area contributed by atoms with Gasteiger partial charge in [0.1, 0.15) is 4.90 Å². The van der Waals surface area contributed by atoms with Crippen LogP contribution < -0.4 is 0 Å². The zero-order chi connectivity index (χ0) is 22.6. The van der Waals surface area contributed by atoms with Gasteiger partial charge in [-0.15, -0.1) is 0 Å². The SMILES string of the molecule is CCN(CC)S(=O)(=O)N1CCN(C(=O)C2CCN(S(=O)(=O)c3cccnc3)CC2)CC1. The fourth-order valence-electron chi connectivity index (χ4n) is 4.10. The van der Waals surface area contributed by atoms with E-state index in [1.54, 1.807) is 11.0 Å². The van der Waals surface area contributed by atoms with Gasteiger partial charge in [-0.2, -0.15) is 21.3 Å². The Balaban J connectivity index is 1.54. The quantitative estimate of drug-likeness (QED) is 0.560. The molecule has 0 spiro atoms. The molecule has 1 amide bonds. The fourth-order valence-corrected chi connectivity index (χ4v) is 7.14. The average Bonchev–Trinajstić information content (AvgIpc) is 2.80. The van der Waals surface area contributed by atoms with Gasteiger partial charge < -0.3 is 4.90 Å². The largest absolute Gasteiger partial charge is 0.340 e. The van der Waals surface area contributed by atoms with E-state index < -0.39 is 20.2 Å². The molecular formula is C19H31N5O5S2. The minimum atomic E-state index is -3.61. The van der Waals surface area contributed by atoms with Gasteiger partial charge in [0.05, 0.1) is 0 Å². The van der Waals surface area contributed by atoms with Crippen LogP contribution in [0, 0.1) is 5.92 Å². The van der Waals surface area contributed by atoms with Gasteiger partial charge in [-0.1, -0.05) is 13.8 Å². The third-order valence-corrected chi connectivity index (χ3v) is 10.1. The van der Waals surface area contributed by atoms with Crippen LogP contribution in [0.4, 0.5) is 0 Å². The molecule has 0 aromatic carbocycles. The van der Waals surface area contributed by atoms with Gasteiger partial charge in [0.2, 0.25) is 15.9 Å². The van der Waals surface area contributed by atoms with E-state index in [4.69, 9.17) is 0 Å². The molecule has 12 heteroatoms. The molecule has 31 heavy (non-hydrogen) atoms. The lowest BCUT2D eigenvalue weighted by Gasteiger charge is -2.39. The van der Waals surface area contributed by atoms with Gasteiger partial charge >= 0.3 is 0 Å². The molecule has 3 heterocycles. The first kappa shape index (κ1) is 24.1. The van der Waals surface area contributed by atoms with Crippen molar-refractivity contribution in [2.75, 3.05) is 52.4 Å². The van der Waals surface area contributed by atoms with Crippen LogP contribution in [0.2, 0.25) is 0 Å². The summed E-state index contributed by atoms with van der Waals surface area (Å²) in [6.45, 7) is 6.27. The van der Waals surface area contributed by atoms with E-state index in [2.05, 4.69) is 4.98 Å². The number of pyridine rings is 1. The smallest absolute Gasteiger partial charge is 0.282 e. The molecule has 2 saturated heterocycles. The first-order valence-corrected chi connectivity index (χ1v) is 13.5. The predicted molar refractivity (Wildman–Crippen MR) is 116 cm³/mol. The van der Waals surface area contributed by atoms with E-state index in [1.165, 1.54) is 31.4 Å². The van der Waals surface area contributed by atoms with Crippen molar-refractivity contribution in [3.05, 3.63) is 24.5 Å². The van der Waals surface area contributed by atoms with Gasteiger partial charge in [0, 0.05) is 70.7 Å². The molecular weight excluding hydrogens is 442 g/mol. The molecule has 3 rings (SSSR count). The van der Waals surface area contributed by atoms with Crippen LogP contribution in [0.1, 0.15) is 26.7 Å². The van der Waals surface area contributed by atoms with Gasteiger partial charge in [-0.25, -0.2) is 8.42 Å². The standard InChI is InChI=1S/C19H31N5O5S2/c1-3-22(4-2)31(28,29)24-14-12-21(13-15-24)19(25)17-7-10-23(11-8-17)30(26,27)18-6-5-9-20-16-18/h5-6,9,16-17H,3-4,7-8,10-15H2,1-2H3. The number of piperidine rings is 1. The Kier molecular flexibility index (Phi) is 7.68. The molecule has 2 aliphatic heterocycles. The number of amides is 1. The van der Waals surface area contributed by atoms with Crippen molar-refractivity contribution >= 4 is 26.1 Å². The van der Waals surface area contributed by atoms with E-state index in [0.717, 1.165) is 0 Å². The summed E-state index contributed by atoms with van der Waals surface area (Å²) in [4.78, 5) is 18.7. The maximum Gasteiger partial charge on any atom is 0.282 e. The Bertz CT molecular complexity index is 951. The number of carbonyl (C=O) groups is 1. The minimum Gasteiger partial charge on any atom is -0.340 e. The maximum absolute atomic E-state index is 13.0. The number of rotatable bonds is 7. The molecule has 0 radical (unpaired) electrons. The third-order valence-electron chi connectivity index (χ3n) is 5.98. The van der Waals surface area contributed by atoms with Crippen LogP contribution >= 0.6 is 0 Å². The van der Waals surface area contributed by atoms with Crippen LogP contribution in [0.3, 0.4) is 0 Å². The predicted octanol–water partition coefficient (Wildman–Crippen LogP) is 0.213. The van der Waals surface area contributed by atoms with Crippen LogP contribution in [-0.4, -0.2) is 97.9 Å². The number of hydrogen-bond donors (Lipinski definition) is 0. The van der Waals surface area contributed by atoms with Crippen LogP contribution in [-0.2, 0) is 25.0 Å². The Labute approximate surface area is 185 Å². The number of hydrogen-bond acceptors (Lipinski definition) is 6. The summed E-state index contributed by atoms with van der Waals surface area (Å²) in [5, 5.41) is 0. The third kappa shape index (κ3) is 5.08. The van der Waals surface area contributed by atoms with Gasteiger partial charge in [0.25, 0.3) is 10.2 Å². The summed E-state index contributed by atoms with van der Waals surface area (Å²) in [5.41, 5.74) is 0. The summed E-state index contributed by atoms with van der Waals surface area (Å²) in [5.74, 6) is -0.260. The number of sulfonamides is 1. The molecule has 0 saturated carbocycles. The zero-order valence-corrected chi connectivity index (χ0v) is 19.7. The van der Waals surface area contributed by atoms with Crippen molar-refractivity contribution in [1.29, 1.82) is 0 Å². The van der Waals surface area contributed by atoms with Crippen LogP contribution in [0.25, 0.3) is 0 Å². The van der Waals surface area contributed by atoms with E-state index in [1.807, 2.05) is 13.8 Å². The zero-order valence-electron chi connectivity index (χ0n) is 18.1. The van der Waals surface area contributed by atoms with Crippen molar-refractivity contribution in [3.8, 4) is 0 Å². The lowest BCUT2D eigenvalue weighted by molar-refractivity contribution is -0.138. The van der Waals surface area contributed by atoms with Crippen molar-refractivity contribution in [3.63, 3.8) is 0 Å². The molecule has 0 atom stereocenters. The molecule has 0 aliphatic carbocycles. The van der Waals surface area contributed by atoms with Crippen LogP contribution in [0.5, 0.6) is 0 Å². The monoisotopic (exact) mass is 473 g/mol. The number of piperazine rings is 1. The molecule has 0 unspecified atom stereocenters. The highest BCUT2D eigenvalue weighted by Crippen LogP contribution is 2.25. The Morgan fingerprint density at radius 3 is 2.13 bits per heavy atom. The lowest BCUT2D eigenvalue weighted by Crippen LogP contribution is -2.55. The molecule has 174 valence electrons. The molecule has 0 N–H and O–H groups in total. The fraction of sp³-hybridized carbons (Fsp3) is 0.684. The van der Waals surface area contributed by atoms with Gasteiger partial charge in [-0.05, 0) is 25.0 Å². The van der Waals surface area contributed by atoms with E-state index in [9.17, 15) is 21.6 Å². The van der Waals surface area contributed by atoms with E-state index in [-0.39, 0.29) is 42.9 Å². The van der Waals surface area contributed by atoms with E-state index in [0.29, 0.717) is 39.0 Å². The number of carbonyl (C=O) groups excluding carboxylic acids is 1. The Hall–Kier alpha value is -1.60. The van der Waals surface area contributed by atoms with Crippen molar-refractivity contribution in [1.82, 2.24) is 22.8 Å². The summed E-state index contributed by atoms with van der Waals surface area (Å²) in [7, 11) is -7.10. The lowest BCUT2D eigenvalue weighted by atomic mass is 9.96. The topological polar surface area (TPSA) is 111 Å². The Morgan fingerprint density at radius 1 is 1.00 bits per heavy atom. The van der Waals surface area contributed by atoms with Crippen molar-refractivity contribution in [2.24, 2.45) is 5.92 Å². The normalized spacial score (nSPS) is 20.3. The second-order valence-electron chi connectivity index (χ2n) is 7.68. The number of nitrogens with zero attached hydrogens (tertiary/aromatic N) is 5. The van der Waals surface area contributed by atoms with Crippen molar-refractivity contribution in [2.45, 2.75) is 31.6 Å². The van der Waals surface area contributed by atoms with Crippen molar-refractivity contribution < 1.29 is 21.6 Å². The first-order valence-electron chi connectivity index (χ1n) is 10.7. The summed E-state index contributed by atoms with van der Waals surface area (Å²) in [6.07, 6.45) is 3.77. The van der Waals surface area contributed by atoms with E-state index >= 15 is 0 Å². The Morgan fingerprint density at radius 2 is 1.61 bits per heavy atom. The number of aromatic nitrogens is 1. The highest BCUT2D eigenvalue weighted by molar-refractivity contribution is 7.89. The summed E-state index contributed by atoms with van der Waals surface area (Å²) in [6, 6.07) is 3.11. The highest BCUT2D eigenvalue weighted by atomic mass is 32.2. The molecule has 10 nitrogen and oxygen atoms in total. The molecule has 1 aromatic rings. The summed E-state index contributed by atoms with van der Waals surface area (Å²) < 4.78 is 55.0.